The smallest absolute Gasteiger partial charge is 0.0486 e. The van der Waals surface area contributed by atoms with E-state index in [1.54, 1.807) is 5.56 Å². The lowest BCUT2D eigenvalue weighted by Gasteiger charge is -2.42. The Hall–Kier alpha value is -1.32. The minimum absolute atomic E-state index is 0.670. The number of aromatic nitrogens is 1. The molecule has 3 aliphatic rings. The van der Waals surface area contributed by atoms with Crippen molar-refractivity contribution in [2.45, 2.75) is 90.3 Å². The van der Waals surface area contributed by atoms with Gasteiger partial charge in [0.25, 0.3) is 0 Å². The van der Waals surface area contributed by atoms with Crippen LogP contribution in [0.4, 0.5) is 0 Å². The average molecular weight is 422 g/mol. The van der Waals surface area contributed by atoms with Gasteiger partial charge in [-0.2, -0.15) is 0 Å². The van der Waals surface area contributed by atoms with Gasteiger partial charge in [0.15, 0.2) is 0 Å². The zero-order chi connectivity index (χ0) is 21.2. The van der Waals surface area contributed by atoms with Crippen LogP contribution >= 0.6 is 0 Å². The van der Waals surface area contributed by atoms with E-state index in [4.69, 9.17) is 0 Å². The van der Waals surface area contributed by atoms with Crippen molar-refractivity contribution in [3.63, 3.8) is 0 Å². The molecule has 1 aromatic heterocycles. The third-order valence-electron chi connectivity index (χ3n) is 8.76. The third-order valence-corrected chi connectivity index (χ3v) is 8.76. The second kappa shape index (κ2) is 9.67. The highest BCUT2D eigenvalue weighted by Gasteiger charge is 2.30. The molecule has 3 fully saturated rings. The van der Waals surface area contributed by atoms with Gasteiger partial charge < -0.3 is 9.47 Å². The molecular formula is C28H43N3. The molecule has 0 radical (unpaired) electrons. The molecule has 31 heavy (non-hydrogen) atoms. The first kappa shape index (κ1) is 21.5. The standard InChI is InChI=1S/C28H43N3/c1-22(2)23-10-12-25(13-11-23)30-18-14-26(15-19-30)31-21-24(20-29-16-6-3-7-17-29)27-8-4-5-9-28(27)31/h4-5,8-9,21-23,25-26H,3,6-7,10-20H2,1-2H3/t23-,25+. The molecule has 1 saturated carbocycles. The minimum Gasteiger partial charge on any atom is -0.344 e. The largest absolute Gasteiger partial charge is 0.344 e. The summed E-state index contributed by atoms with van der Waals surface area (Å²) in [4.78, 5) is 5.51. The molecule has 0 N–H and O–H groups in total. The number of piperidine rings is 2. The Morgan fingerprint density at radius 3 is 2.23 bits per heavy atom. The predicted octanol–water partition coefficient (Wildman–Crippen LogP) is 6.48. The van der Waals surface area contributed by atoms with Crippen LogP contribution in [0.25, 0.3) is 10.9 Å². The maximum Gasteiger partial charge on any atom is 0.0486 e. The van der Waals surface area contributed by atoms with Crippen LogP contribution in [0, 0.1) is 11.8 Å². The van der Waals surface area contributed by atoms with Gasteiger partial charge in [0.05, 0.1) is 0 Å². The van der Waals surface area contributed by atoms with Crippen molar-refractivity contribution in [1.82, 2.24) is 14.4 Å². The number of hydrogen-bond donors (Lipinski definition) is 0. The van der Waals surface area contributed by atoms with Gasteiger partial charge in [-0.25, -0.2) is 0 Å². The molecule has 3 heteroatoms. The Bertz CT molecular complexity index is 831. The van der Waals surface area contributed by atoms with Gasteiger partial charge in [0, 0.05) is 48.8 Å². The fourth-order valence-electron chi connectivity index (χ4n) is 6.73. The van der Waals surface area contributed by atoms with Crippen LogP contribution in [-0.2, 0) is 6.54 Å². The number of para-hydroxylation sites is 1. The number of likely N-dealkylation sites (tertiary alicyclic amines) is 2. The highest BCUT2D eigenvalue weighted by Crippen LogP contribution is 2.36. The second-order valence-corrected chi connectivity index (χ2v) is 11.0. The lowest BCUT2D eigenvalue weighted by molar-refractivity contribution is 0.0893. The Kier molecular flexibility index (Phi) is 6.71. The van der Waals surface area contributed by atoms with Crippen LogP contribution < -0.4 is 0 Å². The summed E-state index contributed by atoms with van der Waals surface area (Å²) in [5.41, 5.74) is 3.01. The maximum atomic E-state index is 2.84. The number of benzene rings is 1. The van der Waals surface area contributed by atoms with Crippen molar-refractivity contribution in [3.8, 4) is 0 Å². The summed E-state index contributed by atoms with van der Waals surface area (Å²) in [6.07, 6.45) is 15.1. The molecule has 2 aromatic rings. The molecule has 0 unspecified atom stereocenters. The van der Waals surface area contributed by atoms with E-state index in [-0.39, 0.29) is 0 Å². The Labute approximate surface area is 189 Å². The summed E-state index contributed by atoms with van der Waals surface area (Å²) in [6, 6.07) is 10.7. The second-order valence-electron chi connectivity index (χ2n) is 11.0. The fraction of sp³-hybridized carbons (Fsp3) is 0.714. The number of hydrogen-bond acceptors (Lipinski definition) is 2. The quantitative estimate of drug-likeness (QED) is 0.547. The van der Waals surface area contributed by atoms with Crippen molar-refractivity contribution < 1.29 is 0 Å². The van der Waals surface area contributed by atoms with Crippen molar-refractivity contribution in [2.24, 2.45) is 11.8 Å². The fourth-order valence-corrected chi connectivity index (χ4v) is 6.73. The van der Waals surface area contributed by atoms with Gasteiger partial charge >= 0.3 is 0 Å². The normalized spacial score (nSPS) is 27.3. The number of nitrogens with zero attached hydrogens (tertiary/aromatic N) is 3. The van der Waals surface area contributed by atoms with Crippen molar-refractivity contribution >= 4 is 10.9 Å². The van der Waals surface area contributed by atoms with Gasteiger partial charge in [-0.05, 0) is 87.9 Å². The van der Waals surface area contributed by atoms with Crippen LogP contribution in [-0.4, -0.2) is 46.6 Å². The first-order valence-corrected chi connectivity index (χ1v) is 13.2. The summed E-state index contributed by atoms with van der Waals surface area (Å²) < 4.78 is 2.65. The number of rotatable bonds is 5. The highest BCUT2D eigenvalue weighted by molar-refractivity contribution is 5.84. The summed E-state index contributed by atoms with van der Waals surface area (Å²) in [6.45, 7) is 11.1. The zero-order valence-corrected chi connectivity index (χ0v) is 19.9. The lowest BCUT2D eigenvalue weighted by atomic mass is 9.79. The van der Waals surface area contributed by atoms with Crippen LogP contribution in [0.3, 0.4) is 0 Å². The first-order valence-electron chi connectivity index (χ1n) is 13.2. The van der Waals surface area contributed by atoms with E-state index in [0.717, 1.165) is 24.4 Å². The van der Waals surface area contributed by atoms with Gasteiger partial charge in [-0.1, -0.05) is 38.5 Å². The van der Waals surface area contributed by atoms with E-state index >= 15 is 0 Å². The minimum atomic E-state index is 0.670. The number of fused-ring (bicyclic) bond motifs is 1. The average Bonchev–Trinajstić information content (AvgIpc) is 3.18. The Morgan fingerprint density at radius 2 is 1.52 bits per heavy atom. The molecule has 3 nitrogen and oxygen atoms in total. The summed E-state index contributed by atoms with van der Waals surface area (Å²) in [7, 11) is 0. The van der Waals surface area contributed by atoms with E-state index in [2.05, 4.69) is 58.7 Å². The van der Waals surface area contributed by atoms with E-state index in [1.807, 2.05) is 0 Å². The highest BCUT2D eigenvalue weighted by atomic mass is 15.2. The molecule has 1 aliphatic carbocycles. The Morgan fingerprint density at radius 1 is 0.806 bits per heavy atom. The summed E-state index contributed by atoms with van der Waals surface area (Å²) in [5.74, 6) is 1.84. The predicted molar refractivity (Wildman–Crippen MR) is 131 cm³/mol. The molecule has 170 valence electrons. The van der Waals surface area contributed by atoms with E-state index in [1.165, 1.54) is 94.9 Å². The van der Waals surface area contributed by atoms with Crippen LogP contribution in [0.2, 0.25) is 0 Å². The molecular weight excluding hydrogens is 378 g/mol. The van der Waals surface area contributed by atoms with Gasteiger partial charge in [-0.15, -0.1) is 0 Å². The van der Waals surface area contributed by atoms with E-state index in [9.17, 15) is 0 Å². The van der Waals surface area contributed by atoms with Crippen molar-refractivity contribution in [1.29, 1.82) is 0 Å². The monoisotopic (exact) mass is 421 g/mol. The van der Waals surface area contributed by atoms with E-state index < -0.39 is 0 Å². The van der Waals surface area contributed by atoms with Crippen LogP contribution in [0.1, 0.15) is 83.2 Å². The molecule has 2 saturated heterocycles. The molecule has 1 aromatic carbocycles. The zero-order valence-electron chi connectivity index (χ0n) is 19.9. The summed E-state index contributed by atoms with van der Waals surface area (Å²) >= 11 is 0. The van der Waals surface area contributed by atoms with Gasteiger partial charge in [0.1, 0.15) is 0 Å². The molecule has 5 rings (SSSR count). The maximum absolute atomic E-state index is 2.84. The Balaban J connectivity index is 1.24. The van der Waals surface area contributed by atoms with Crippen LogP contribution in [0.15, 0.2) is 30.5 Å². The molecule has 0 amide bonds. The molecule has 0 atom stereocenters. The molecule has 0 bridgehead atoms. The SMILES string of the molecule is CC(C)[C@H]1CC[C@@H](N2CCC(n3cc(CN4CCCCC4)c4ccccc43)CC2)CC1. The first-order chi connectivity index (χ1) is 15.2. The lowest BCUT2D eigenvalue weighted by Crippen LogP contribution is -2.43. The van der Waals surface area contributed by atoms with Gasteiger partial charge in [-0.3, -0.25) is 4.90 Å². The van der Waals surface area contributed by atoms with E-state index in [0.29, 0.717) is 6.04 Å². The molecule has 2 aliphatic heterocycles. The summed E-state index contributed by atoms with van der Waals surface area (Å²) in [5, 5.41) is 1.49. The molecule has 0 spiro atoms. The van der Waals surface area contributed by atoms with Crippen molar-refractivity contribution in [3.05, 3.63) is 36.0 Å². The van der Waals surface area contributed by atoms with Gasteiger partial charge in [0.2, 0.25) is 0 Å². The molecule has 3 heterocycles. The third kappa shape index (κ3) is 4.73. The van der Waals surface area contributed by atoms with Crippen molar-refractivity contribution in [2.75, 3.05) is 26.2 Å². The van der Waals surface area contributed by atoms with Crippen LogP contribution in [0.5, 0.6) is 0 Å². The topological polar surface area (TPSA) is 11.4 Å².